The van der Waals surface area contributed by atoms with Crippen molar-refractivity contribution in [2.75, 3.05) is 13.2 Å². The minimum absolute atomic E-state index is 0.274. The molecule has 0 radical (unpaired) electrons. The van der Waals surface area contributed by atoms with Crippen LogP contribution in [0.1, 0.15) is 46.4 Å². The van der Waals surface area contributed by atoms with Crippen molar-refractivity contribution in [3.63, 3.8) is 0 Å². The van der Waals surface area contributed by atoms with Crippen LogP contribution in [0, 0.1) is 0 Å². The van der Waals surface area contributed by atoms with E-state index in [1.165, 1.54) is 0 Å². The molecule has 0 aliphatic heterocycles. The largest absolute Gasteiger partial charge is 0.494 e. The Kier molecular flexibility index (Phi) is 9.15. The van der Waals surface area contributed by atoms with Crippen molar-refractivity contribution >= 4 is 17.9 Å². The molecule has 0 saturated carbocycles. The lowest BCUT2D eigenvalue weighted by Crippen LogP contribution is -2.12. The predicted octanol–water partition coefficient (Wildman–Crippen LogP) is 4.35. The first-order valence-corrected chi connectivity index (χ1v) is 9.44. The Morgan fingerprint density at radius 2 is 1.34 bits per heavy atom. The number of benzene rings is 2. The van der Waals surface area contributed by atoms with Crippen LogP contribution in [-0.2, 0) is 14.3 Å². The van der Waals surface area contributed by atoms with Gasteiger partial charge in [0.15, 0.2) is 0 Å². The standard InChI is InChI=1S/C23H24O6/c1-2-21(24)28-17-9-4-3-8-16-27-20-14-12-19(13-15-20)23(26)29-22(25)18-10-6-5-7-11-18/h2,5-7,10-15H,1,3-4,8-9,16-17H2. The molecular weight excluding hydrogens is 372 g/mol. The van der Waals surface area contributed by atoms with Crippen LogP contribution in [0.15, 0.2) is 67.3 Å². The van der Waals surface area contributed by atoms with E-state index in [9.17, 15) is 14.4 Å². The van der Waals surface area contributed by atoms with Crippen molar-refractivity contribution in [1.29, 1.82) is 0 Å². The lowest BCUT2D eigenvalue weighted by atomic mass is 10.2. The molecule has 0 bridgehead atoms. The molecule has 2 aromatic carbocycles. The van der Waals surface area contributed by atoms with Gasteiger partial charge in [0.05, 0.1) is 24.3 Å². The topological polar surface area (TPSA) is 78.9 Å². The van der Waals surface area contributed by atoms with E-state index < -0.39 is 17.9 Å². The zero-order valence-electron chi connectivity index (χ0n) is 16.2. The van der Waals surface area contributed by atoms with Crippen molar-refractivity contribution in [3.8, 4) is 5.75 Å². The maximum atomic E-state index is 12.1. The fourth-order valence-electron chi connectivity index (χ4n) is 2.44. The van der Waals surface area contributed by atoms with Crippen molar-refractivity contribution in [2.45, 2.75) is 25.7 Å². The second kappa shape index (κ2) is 12.1. The quantitative estimate of drug-likeness (QED) is 0.243. The Morgan fingerprint density at radius 3 is 1.97 bits per heavy atom. The van der Waals surface area contributed by atoms with E-state index in [2.05, 4.69) is 6.58 Å². The summed E-state index contributed by atoms with van der Waals surface area (Å²) in [5.74, 6) is -1.15. The van der Waals surface area contributed by atoms with Gasteiger partial charge in [-0.15, -0.1) is 0 Å². The highest BCUT2D eigenvalue weighted by atomic mass is 16.6. The number of carbonyl (C=O) groups is 3. The minimum atomic E-state index is -0.706. The molecular formula is C23H24O6. The Hall–Kier alpha value is -3.41. The van der Waals surface area contributed by atoms with E-state index in [1.807, 2.05) is 0 Å². The third kappa shape index (κ3) is 8.01. The molecule has 29 heavy (non-hydrogen) atoms. The number of hydrogen-bond donors (Lipinski definition) is 0. The van der Waals surface area contributed by atoms with Crippen molar-refractivity contribution < 1.29 is 28.6 Å². The molecule has 0 heterocycles. The van der Waals surface area contributed by atoms with E-state index >= 15 is 0 Å². The molecule has 0 unspecified atom stereocenters. The second-order valence-corrected chi connectivity index (χ2v) is 6.20. The number of esters is 3. The van der Waals surface area contributed by atoms with Crippen LogP contribution < -0.4 is 4.74 Å². The summed E-state index contributed by atoms with van der Waals surface area (Å²) < 4.78 is 15.4. The number of unbranched alkanes of at least 4 members (excludes halogenated alkanes) is 3. The zero-order chi connectivity index (χ0) is 20.9. The van der Waals surface area contributed by atoms with Gasteiger partial charge in [0, 0.05) is 6.08 Å². The van der Waals surface area contributed by atoms with Gasteiger partial charge in [-0.05, 0) is 62.1 Å². The van der Waals surface area contributed by atoms with E-state index in [0.717, 1.165) is 31.8 Å². The highest BCUT2D eigenvalue weighted by Gasteiger charge is 2.14. The molecule has 2 rings (SSSR count). The molecule has 0 amide bonds. The van der Waals surface area contributed by atoms with Gasteiger partial charge in [0.25, 0.3) is 0 Å². The molecule has 0 spiro atoms. The maximum absolute atomic E-state index is 12.1. The van der Waals surface area contributed by atoms with Gasteiger partial charge < -0.3 is 14.2 Å². The fraction of sp³-hybridized carbons (Fsp3) is 0.261. The van der Waals surface area contributed by atoms with Crippen LogP contribution in [0.25, 0.3) is 0 Å². The Labute approximate surface area is 170 Å². The van der Waals surface area contributed by atoms with Gasteiger partial charge in [-0.25, -0.2) is 14.4 Å². The van der Waals surface area contributed by atoms with E-state index in [1.54, 1.807) is 54.6 Å². The summed E-state index contributed by atoms with van der Waals surface area (Å²) in [6.45, 7) is 4.28. The van der Waals surface area contributed by atoms with Gasteiger partial charge in [-0.3, -0.25) is 0 Å². The average Bonchev–Trinajstić information content (AvgIpc) is 2.76. The van der Waals surface area contributed by atoms with Crippen molar-refractivity contribution in [2.24, 2.45) is 0 Å². The molecule has 0 fully saturated rings. The van der Waals surface area contributed by atoms with Crippen molar-refractivity contribution in [3.05, 3.63) is 78.4 Å². The Morgan fingerprint density at radius 1 is 0.759 bits per heavy atom. The highest BCUT2D eigenvalue weighted by Crippen LogP contribution is 2.14. The third-order valence-corrected chi connectivity index (χ3v) is 4.00. The molecule has 6 heteroatoms. The van der Waals surface area contributed by atoms with Gasteiger partial charge in [0.2, 0.25) is 0 Å². The van der Waals surface area contributed by atoms with E-state index in [0.29, 0.717) is 24.5 Å². The second-order valence-electron chi connectivity index (χ2n) is 6.20. The van der Waals surface area contributed by atoms with Gasteiger partial charge in [-0.1, -0.05) is 24.8 Å². The average molecular weight is 396 g/mol. The normalized spacial score (nSPS) is 10.1. The molecule has 0 saturated heterocycles. The fourth-order valence-corrected chi connectivity index (χ4v) is 2.44. The highest BCUT2D eigenvalue weighted by molar-refractivity contribution is 6.02. The molecule has 0 aromatic heterocycles. The lowest BCUT2D eigenvalue weighted by molar-refractivity contribution is -0.137. The van der Waals surface area contributed by atoms with Crippen molar-refractivity contribution in [1.82, 2.24) is 0 Å². The summed E-state index contributed by atoms with van der Waals surface area (Å²) in [4.78, 5) is 34.9. The molecule has 152 valence electrons. The van der Waals surface area contributed by atoms with Crippen LogP contribution in [-0.4, -0.2) is 31.1 Å². The van der Waals surface area contributed by atoms with Crippen LogP contribution in [0.4, 0.5) is 0 Å². The molecule has 2 aromatic rings. The molecule has 6 nitrogen and oxygen atoms in total. The van der Waals surface area contributed by atoms with Gasteiger partial charge >= 0.3 is 17.9 Å². The SMILES string of the molecule is C=CC(=O)OCCCCCCOc1ccc(C(=O)OC(=O)c2ccccc2)cc1. The van der Waals surface area contributed by atoms with E-state index in [-0.39, 0.29) is 5.56 Å². The molecule has 0 aliphatic rings. The van der Waals surface area contributed by atoms with Gasteiger partial charge in [0.1, 0.15) is 5.75 Å². The minimum Gasteiger partial charge on any atom is -0.494 e. The first-order chi connectivity index (χ1) is 14.1. The lowest BCUT2D eigenvalue weighted by Gasteiger charge is -2.07. The summed E-state index contributed by atoms with van der Waals surface area (Å²) >= 11 is 0. The zero-order valence-corrected chi connectivity index (χ0v) is 16.2. The molecule has 0 aliphatic carbocycles. The molecule has 0 N–H and O–H groups in total. The summed E-state index contributed by atoms with van der Waals surface area (Å²) in [6, 6.07) is 14.8. The van der Waals surface area contributed by atoms with Crippen LogP contribution in [0.2, 0.25) is 0 Å². The third-order valence-electron chi connectivity index (χ3n) is 4.00. The monoisotopic (exact) mass is 396 g/mol. The maximum Gasteiger partial charge on any atom is 0.346 e. The van der Waals surface area contributed by atoms with Crippen LogP contribution >= 0.6 is 0 Å². The first kappa shape index (κ1) is 21.9. The van der Waals surface area contributed by atoms with Crippen LogP contribution in [0.3, 0.4) is 0 Å². The number of hydrogen-bond acceptors (Lipinski definition) is 6. The summed E-state index contributed by atoms with van der Waals surface area (Å²) in [7, 11) is 0. The van der Waals surface area contributed by atoms with Gasteiger partial charge in [-0.2, -0.15) is 0 Å². The molecule has 0 atom stereocenters. The number of carbonyl (C=O) groups excluding carboxylic acids is 3. The van der Waals surface area contributed by atoms with Crippen LogP contribution in [0.5, 0.6) is 5.75 Å². The smallest absolute Gasteiger partial charge is 0.346 e. The summed E-state index contributed by atoms with van der Waals surface area (Å²) in [5, 5.41) is 0. The summed E-state index contributed by atoms with van der Waals surface area (Å²) in [5.41, 5.74) is 0.593. The van der Waals surface area contributed by atoms with E-state index in [4.69, 9.17) is 14.2 Å². The number of ether oxygens (including phenoxy) is 3. The number of rotatable bonds is 11. The summed E-state index contributed by atoms with van der Waals surface area (Å²) in [6.07, 6.45) is 4.72. The first-order valence-electron chi connectivity index (χ1n) is 9.44. The predicted molar refractivity (Wildman–Crippen MR) is 108 cm³/mol. The Balaban J connectivity index is 1.65. The Bertz CT molecular complexity index is 811.